The van der Waals surface area contributed by atoms with E-state index in [0.29, 0.717) is 24.3 Å². The number of esters is 2. The van der Waals surface area contributed by atoms with Crippen LogP contribution >= 0.6 is 0 Å². The lowest BCUT2D eigenvalue weighted by molar-refractivity contribution is -0.155. The van der Waals surface area contributed by atoms with Gasteiger partial charge in [0.2, 0.25) is 5.91 Å². The van der Waals surface area contributed by atoms with Gasteiger partial charge in [0.05, 0.1) is 34.0 Å². The standard InChI is InChI=1S/C28H36N2O7/c1-6-37-27(32)22(13-12-19-10-8-7-9-11-19)29-18(2)26(31)30-17-21-16-25(35-4)24(34-3)15-20(21)14-23(30)28(33)36-5/h7-11,15-16,18,22-23,29H,6,12-14,17H2,1-5H3/t18-,22-,23-/m0/s1. The highest BCUT2D eigenvalue weighted by Crippen LogP contribution is 2.35. The molecule has 0 aliphatic carbocycles. The Kier molecular flexibility index (Phi) is 9.91. The number of aryl methyl sites for hydroxylation is 1. The molecule has 0 saturated carbocycles. The van der Waals surface area contributed by atoms with Gasteiger partial charge in [-0.05, 0) is 55.5 Å². The van der Waals surface area contributed by atoms with E-state index in [1.54, 1.807) is 28.1 Å². The maximum Gasteiger partial charge on any atom is 0.328 e. The molecule has 3 rings (SSSR count). The lowest BCUT2D eigenvalue weighted by Crippen LogP contribution is -2.56. The third-order valence-electron chi connectivity index (χ3n) is 6.55. The first-order valence-corrected chi connectivity index (χ1v) is 12.4. The first-order valence-electron chi connectivity index (χ1n) is 12.4. The zero-order valence-corrected chi connectivity index (χ0v) is 22.1. The third kappa shape index (κ3) is 6.80. The average Bonchev–Trinajstić information content (AvgIpc) is 2.93. The first kappa shape index (κ1) is 28.0. The van der Waals surface area contributed by atoms with E-state index in [1.807, 2.05) is 42.5 Å². The Bertz CT molecular complexity index is 1090. The number of ether oxygens (including phenoxy) is 4. The van der Waals surface area contributed by atoms with E-state index in [9.17, 15) is 14.4 Å². The number of carbonyl (C=O) groups is 3. The molecule has 1 N–H and O–H groups in total. The molecule has 1 aliphatic heterocycles. The van der Waals surface area contributed by atoms with E-state index < -0.39 is 30.1 Å². The van der Waals surface area contributed by atoms with E-state index in [1.165, 1.54) is 12.0 Å². The molecule has 9 heteroatoms. The molecule has 9 nitrogen and oxygen atoms in total. The van der Waals surface area contributed by atoms with Crippen LogP contribution < -0.4 is 14.8 Å². The normalized spacial score (nSPS) is 16.2. The van der Waals surface area contributed by atoms with Crippen LogP contribution in [0.4, 0.5) is 0 Å². The fraction of sp³-hybridized carbons (Fsp3) is 0.464. The molecule has 0 aromatic heterocycles. The van der Waals surface area contributed by atoms with Crippen molar-refractivity contribution in [3.05, 3.63) is 59.2 Å². The molecule has 0 bridgehead atoms. The molecule has 0 fully saturated rings. The Morgan fingerprint density at radius 1 is 1.03 bits per heavy atom. The van der Waals surface area contributed by atoms with Crippen molar-refractivity contribution in [2.45, 2.75) is 57.8 Å². The van der Waals surface area contributed by atoms with Gasteiger partial charge in [-0.3, -0.25) is 14.9 Å². The van der Waals surface area contributed by atoms with Crippen LogP contribution in [-0.2, 0) is 43.2 Å². The van der Waals surface area contributed by atoms with Gasteiger partial charge in [0, 0.05) is 13.0 Å². The zero-order chi connectivity index (χ0) is 26.9. The van der Waals surface area contributed by atoms with Crippen molar-refractivity contribution in [1.82, 2.24) is 10.2 Å². The summed E-state index contributed by atoms with van der Waals surface area (Å²) in [5.41, 5.74) is 2.81. The summed E-state index contributed by atoms with van der Waals surface area (Å²) in [6.45, 7) is 3.86. The van der Waals surface area contributed by atoms with Gasteiger partial charge in [-0.15, -0.1) is 0 Å². The molecule has 2 aromatic rings. The molecular formula is C28H36N2O7. The summed E-state index contributed by atoms with van der Waals surface area (Å²) in [4.78, 5) is 40.6. The highest BCUT2D eigenvalue weighted by atomic mass is 16.5. The summed E-state index contributed by atoms with van der Waals surface area (Å²) in [6.07, 6.45) is 1.37. The van der Waals surface area contributed by atoms with Gasteiger partial charge >= 0.3 is 11.9 Å². The van der Waals surface area contributed by atoms with Crippen molar-refractivity contribution >= 4 is 17.8 Å². The van der Waals surface area contributed by atoms with Crippen molar-refractivity contribution in [3.8, 4) is 11.5 Å². The maximum absolute atomic E-state index is 13.7. The van der Waals surface area contributed by atoms with Crippen molar-refractivity contribution in [1.29, 1.82) is 0 Å². The van der Waals surface area contributed by atoms with Crippen LogP contribution in [0.1, 0.15) is 37.0 Å². The van der Waals surface area contributed by atoms with E-state index in [0.717, 1.165) is 16.7 Å². The van der Waals surface area contributed by atoms with Crippen molar-refractivity contribution in [2.24, 2.45) is 0 Å². The molecule has 0 unspecified atom stereocenters. The fourth-order valence-electron chi connectivity index (χ4n) is 4.58. The molecule has 200 valence electrons. The van der Waals surface area contributed by atoms with E-state index in [4.69, 9.17) is 18.9 Å². The minimum Gasteiger partial charge on any atom is -0.493 e. The predicted octanol–water partition coefficient (Wildman–Crippen LogP) is 2.67. The van der Waals surface area contributed by atoms with Gasteiger partial charge in [-0.1, -0.05) is 30.3 Å². The Morgan fingerprint density at radius 3 is 2.27 bits per heavy atom. The van der Waals surface area contributed by atoms with E-state index in [2.05, 4.69) is 5.32 Å². The molecular weight excluding hydrogens is 476 g/mol. The van der Waals surface area contributed by atoms with Crippen LogP contribution in [0.25, 0.3) is 0 Å². The monoisotopic (exact) mass is 512 g/mol. The summed E-state index contributed by atoms with van der Waals surface area (Å²) < 4.78 is 21.1. The number of nitrogens with one attached hydrogen (secondary N) is 1. The minimum absolute atomic E-state index is 0.189. The van der Waals surface area contributed by atoms with Gasteiger partial charge in [0.1, 0.15) is 12.1 Å². The smallest absolute Gasteiger partial charge is 0.328 e. The van der Waals surface area contributed by atoms with Crippen molar-refractivity contribution in [3.63, 3.8) is 0 Å². The molecule has 0 radical (unpaired) electrons. The number of amides is 1. The Morgan fingerprint density at radius 2 is 1.68 bits per heavy atom. The quantitative estimate of drug-likeness (QED) is 0.459. The number of methoxy groups -OCH3 is 3. The second-order valence-corrected chi connectivity index (χ2v) is 8.90. The topological polar surface area (TPSA) is 103 Å². The van der Waals surface area contributed by atoms with E-state index in [-0.39, 0.29) is 25.5 Å². The molecule has 0 saturated heterocycles. The maximum atomic E-state index is 13.7. The van der Waals surface area contributed by atoms with Gasteiger partial charge in [-0.2, -0.15) is 0 Å². The highest BCUT2D eigenvalue weighted by Gasteiger charge is 2.38. The lowest BCUT2D eigenvalue weighted by Gasteiger charge is -2.37. The molecule has 1 heterocycles. The van der Waals surface area contributed by atoms with E-state index >= 15 is 0 Å². The number of nitrogens with zero attached hydrogens (tertiary/aromatic N) is 1. The van der Waals surface area contributed by atoms with Crippen LogP contribution in [0.2, 0.25) is 0 Å². The SMILES string of the molecule is CCOC(=O)[C@H](CCc1ccccc1)N[C@@H](C)C(=O)N1Cc2cc(OC)c(OC)cc2C[C@H]1C(=O)OC. The zero-order valence-electron chi connectivity index (χ0n) is 22.1. The number of fused-ring (bicyclic) bond motifs is 1. The number of hydrogen-bond acceptors (Lipinski definition) is 8. The molecule has 1 amide bonds. The summed E-state index contributed by atoms with van der Waals surface area (Å²) in [5, 5.41) is 3.15. The average molecular weight is 513 g/mol. The van der Waals surface area contributed by atoms with Crippen LogP contribution in [0.15, 0.2) is 42.5 Å². The summed E-state index contributed by atoms with van der Waals surface area (Å²) in [7, 11) is 4.40. The molecule has 1 aliphatic rings. The highest BCUT2D eigenvalue weighted by molar-refractivity contribution is 5.89. The third-order valence-corrected chi connectivity index (χ3v) is 6.55. The number of benzene rings is 2. The van der Waals surface area contributed by atoms with Crippen LogP contribution in [0, 0.1) is 0 Å². The van der Waals surface area contributed by atoms with Crippen LogP contribution in [-0.4, -0.2) is 68.8 Å². The van der Waals surface area contributed by atoms with Gasteiger partial charge < -0.3 is 23.8 Å². The summed E-state index contributed by atoms with van der Waals surface area (Å²) >= 11 is 0. The first-order chi connectivity index (χ1) is 17.8. The molecule has 37 heavy (non-hydrogen) atoms. The second kappa shape index (κ2) is 13.1. The van der Waals surface area contributed by atoms with Crippen LogP contribution in [0.5, 0.6) is 11.5 Å². The molecule has 2 aromatic carbocycles. The second-order valence-electron chi connectivity index (χ2n) is 8.90. The fourth-order valence-corrected chi connectivity index (χ4v) is 4.58. The van der Waals surface area contributed by atoms with Gasteiger partial charge in [0.25, 0.3) is 0 Å². The summed E-state index contributed by atoms with van der Waals surface area (Å²) in [5.74, 6) is -0.143. The Labute approximate surface area is 218 Å². The van der Waals surface area contributed by atoms with Crippen LogP contribution in [0.3, 0.4) is 0 Å². The molecule has 0 spiro atoms. The number of hydrogen-bond donors (Lipinski definition) is 1. The number of rotatable bonds is 11. The van der Waals surface area contributed by atoms with Crippen molar-refractivity contribution < 1.29 is 33.3 Å². The Hall–Kier alpha value is -3.59. The van der Waals surface area contributed by atoms with Crippen molar-refractivity contribution in [2.75, 3.05) is 27.9 Å². The molecule has 3 atom stereocenters. The van der Waals surface area contributed by atoms with Gasteiger partial charge in [0.15, 0.2) is 11.5 Å². The summed E-state index contributed by atoms with van der Waals surface area (Å²) in [6, 6.07) is 11.2. The predicted molar refractivity (Wildman–Crippen MR) is 137 cm³/mol. The van der Waals surface area contributed by atoms with Gasteiger partial charge in [-0.25, -0.2) is 4.79 Å². The lowest BCUT2D eigenvalue weighted by atomic mass is 9.92. The Balaban J connectivity index is 1.81. The number of carbonyl (C=O) groups excluding carboxylic acids is 3. The largest absolute Gasteiger partial charge is 0.493 e. The minimum atomic E-state index is -0.808.